The van der Waals surface area contributed by atoms with E-state index < -0.39 is 0 Å². The van der Waals surface area contributed by atoms with Gasteiger partial charge in [-0.1, -0.05) is 13.3 Å². The summed E-state index contributed by atoms with van der Waals surface area (Å²) in [5.41, 5.74) is 2.22. The predicted octanol–water partition coefficient (Wildman–Crippen LogP) is 5.15. The number of halogens is 1. The Kier molecular flexibility index (Phi) is 6.25. The summed E-state index contributed by atoms with van der Waals surface area (Å²) in [6.45, 7) is 4.03. The summed E-state index contributed by atoms with van der Waals surface area (Å²) >= 11 is 0. The van der Waals surface area contributed by atoms with Crippen molar-refractivity contribution in [2.75, 3.05) is 5.32 Å². The minimum absolute atomic E-state index is 0.0224. The minimum atomic E-state index is -0.309. The molecule has 164 valence electrons. The van der Waals surface area contributed by atoms with E-state index in [0.29, 0.717) is 22.7 Å². The average molecular weight is 432 g/mol. The lowest BCUT2D eigenvalue weighted by molar-refractivity contribution is -0.117. The third kappa shape index (κ3) is 4.82. The SMILES string of the molecule is CCC1C[C@H]1C(=O)Nc1cc2cc(-c3cnccc3C)c(F)cc2cn1.Cn1cccn1. The van der Waals surface area contributed by atoms with Crippen LogP contribution in [0.3, 0.4) is 0 Å². The van der Waals surface area contributed by atoms with Gasteiger partial charge in [0.25, 0.3) is 0 Å². The number of carbonyl (C=O) groups excluding carboxylic acids is 1. The first-order chi connectivity index (χ1) is 15.5. The van der Waals surface area contributed by atoms with Gasteiger partial charge in [-0.25, -0.2) is 9.37 Å². The van der Waals surface area contributed by atoms with Gasteiger partial charge in [0, 0.05) is 60.5 Å². The van der Waals surface area contributed by atoms with E-state index in [1.165, 1.54) is 6.07 Å². The van der Waals surface area contributed by atoms with Crippen molar-refractivity contribution in [1.82, 2.24) is 19.7 Å². The lowest BCUT2D eigenvalue weighted by Gasteiger charge is -2.10. The summed E-state index contributed by atoms with van der Waals surface area (Å²) < 4.78 is 16.3. The van der Waals surface area contributed by atoms with Gasteiger partial charge in [0.2, 0.25) is 5.91 Å². The summed E-state index contributed by atoms with van der Waals surface area (Å²) in [4.78, 5) is 20.6. The van der Waals surface area contributed by atoms with Crippen LogP contribution in [0.4, 0.5) is 10.2 Å². The summed E-state index contributed by atoms with van der Waals surface area (Å²) in [6.07, 6.45) is 10.6. The van der Waals surface area contributed by atoms with Gasteiger partial charge < -0.3 is 5.32 Å². The van der Waals surface area contributed by atoms with Crippen LogP contribution in [0.15, 0.2) is 61.3 Å². The Bertz CT molecular complexity index is 1240. The maximum atomic E-state index is 14.6. The molecular formula is C25H26FN5O. The number of rotatable bonds is 4. The molecule has 1 aliphatic rings. The summed E-state index contributed by atoms with van der Waals surface area (Å²) in [7, 11) is 1.89. The van der Waals surface area contributed by atoms with Gasteiger partial charge in [-0.15, -0.1) is 0 Å². The fourth-order valence-corrected chi connectivity index (χ4v) is 3.77. The van der Waals surface area contributed by atoms with Crippen LogP contribution < -0.4 is 5.32 Å². The molecule has 2 atom stereocenters. The van der Waals surface area contributed by atoms with E-state index in [0.717, 1.165) is 29.4 Å². The number of aromatic nitrogens is 4. The fraction of sp³-hybridized carbons (Fsp3) is 0.280. The molecule has 6 nitrogen and oxygen atoms in total. The normalized spacial score (nSPS) is 16.9. The molecule has 1 N–H and O–H groups in total. The van der Waals surface area contributed by atoms with E-state index in [2.05, 4.69) is 27.3 Å². The molecule has 1 aromatic carbocycles. The Morgan fingerprint density at radius 3 is 2.66 bits per heavy atom. The van der Waals surface area contributed by atoms with Crippen LogP contribution in [-0.2, 0) is 11.8 Å². The summed E-state index contributed by atoms with van der Waals surface area (Å²) in [5, 5.41) is 8.25. The van der Waals surface area contributed by atoms with Crippen LogP contribution in [0.5, 0.6) is 0 Å². The zero-order valence-corrected chi connectivity index (χ0v) is 18.4. The van der Waals surface area contributed by atoms with E-state index in [-0.39, 0.29) is 17.6 Å². The fourth-order valence-electron chi connectivity index (χ4n) is 3.77. The molecule has 1 aliphatic carbocycles. The molecular weight excluding hydrogens is 405 g/mol. The molecule has 1 amide bonds. The Balaban J connectivity index is 0.000000354. The van der Waals surface area contributed by atoms with E-state index >= 15 is 0 Å². The second-order valence-electron chi connectivity index (χ2n) is 8.12. The van der Waals surface area contributed by atoms with Gasteiger partial charge in [-0.2, -0.15) is 5.10 Å². The van der Waals surface area contributed by atoms with E-state index in [4.69, 9.17) is 0 Å². The molecule has 0 bridgehead atoms. The van der Waals surface area contributed by atoms with Gasteiger partial charge in [0.1, 0.15) is 11.6 Å². The first-order valence-corrected chi connectivity index (χ1v) is 10.7. The highest BCUT2D eigenvalue weighted by Gasteiger charge is 2.41. The maximum Gasteiger partial charge on any atom is 0.228 e. The van der Waals surface area contributed by atoms with Gasteiger partial charge in [0.15, 0.2) is 0 Å². The molecule has 32 heavy (non-hydrogen) atoms. The van der Waals surface area contributed by atoms with Gasteiger partial charge in [0.05, 0.1) is 0 Å². The average Bonchev–Trinajstić information content (AvgIpc) is 3.44. The monoisotopic (exact) mass is 431 g/mol. The van der Waals surface area contributed by atoms with Crippen molar-refractivity contribution in [3.63, 3.8) is 0 Å². The van der Waals surface area contributed by atoms with Crippen LogP contribution >= 0.6 is 0 Å². The highest BCUT2D eigenvalue weighted by molar-refractivity contribution is 5.96. The van der Waals surface area contributed by atoms with E-state index in [9.17, 15) is 9.18 Å². The molecule has 0 radical (unpaired) electrons. The number of amides is 1. The van der Waals surface area contributed by atoms with Crippen LogP contribution in [0, 0.1) is 24.6 Å². The third-order valence-electron chi connectivity index (χ3n) is 5.81. The Hall–Kier alpha value is -3.61. The molecule has 4 aromatic rings. The van der Waals surface area contributed by atoms with Crippen LogP contribution in [0.2, 0.25) is 0 Å². The van der Waals surface area contributed by atoms with Crippen molar-refractivity contribution in [3.8, 4) is 11.1 Å². The zero-order chi connectivity index (χ0) is 22.7. The van der Waals surface area contributed by atoms with Gasteiger partial charge in [-0.05, 0) is 60.5 Å². The van der Waals surface area contributed by atoms with Crippen LogP contribution in [0.25, 0.3) is 21.9 Å². The second-order valence-corrected chi connectivity index (χ2v) is 8.12. The molecule has 0 aliphatic heterocycles. The van der Waals surface area contributed by atoms with Crippen molar-refractivity contribution < 1.29 is 9.18 Å². The van der Waals surface area contributed by atoms with Gasteiger partial charge >= 0.3 is 0 Å². The van der Waals surface area contributed by atoms with Crippen molar-refractivity contribution in [2.45, 2.75) is 26.7 Å². The first-order valence-electron chi connectivity index (χ1n) is 10.7. The lowest BCUT2D eigenvalue weighted by atomic mass is 9.99. The number of hydrogen-bond donors (Lipinski definition) is 1. The third-order valence-corrected chi connectivity index (χ3v) is 5.81. The van der Waals surface area contributed by atoms with Crippen molar-refractivity contribution in [1.29, 1.82) is 0 Å². The molecule has 1 fully saturated rings. The smallest absolute Gasteiger partial charge is 0.228 e. The molecule has 0 spiro atoms. The number of nitrogens with one attached hydrogen (secondary N) is 1. The number of pyridine rings is 2. The minimum Gasteiger partial charge on any atom is -0.310 e. The number of carbonyl (C=O) groups is 1. The number of nitrogens with zero attached hydrogens (tertiary/aromatic N) is 4. The standard InChI is InChI=1S/C21H20FN3O.C4H6N2/c1-3-13-6-16(13)21(26)25-20-9-14-7-17(18-11-23-5-4-12(18)2)19(22)8-15(14)10-24-20;1-6-4-2-3-5-6/h4-5,7-11,13,16H,3,6H2,1-2H3,(H,24,25,26);2-4H,1H3/t13?,16-;/m1./s1. The molecule has 1 saturated carbocycles. The largest absolute Gasteiger partial charge is 0.310 e. The molecule has 7 heteroatoms. The van der Waals surface area contributed by atoms with E-state index in [1.807, 2.05) is 32.3 Å². The molecule has 3 heterocycles. The molecule has 0 saturated heterocycles. The van der Waals surface area contributed by atoms with Crippen molar-refractivity contribution in [3.05, 3.63) is 72.7 Å². The number of anilines is 1. The number of aryl methyl sites for hydroxylation is 2. The highest BCUT2D eigenvalue weighted by atomic mass is 19.1. The van der Waals surface area contributed by atoms with Crippen molar-refractivity contribution in [2.24, 2.45) is 18.9 Å². The quantitative estimate of drug-likeness (QED) is 0.485. The number of fused-ring (bicyclic) bond motifs is 1. The lowest BCUT2D eigenvalue weighted by Crippen LogP contribution is -2.15. The van der Waals surface area contributed by atoms with E-state index in [1.54, 1.807) is 41.6 Å². The molecule has 1 unspecified atom stereocenters. The Labute approximate surface area is 186 Å². The number of benzene rings is 1. The Morgan fingerprint density at radius 2 is 2.03 bits per heavy atom. The molecule has 5 rings (SSSR count). The van der Waals surface area contributed by atoms with Crippen molar-refractivity contribution >= 4 is 22.5 Å². The summed E-state index contributed by atoms with van der Waals surface area (Å²) in [5.74, 6) is 0.804. The van der Waals surface area contributed by atoms with Crippen LogP contribution in [-0.4, -0.2) is 25.7 Å². The predicted molar refractivity (Wildman–Crippen MR) is 123 cm³/mol. The number of hydrogen-bond acceptors (Lipinski definition) is 4. The van der Waals surface area contributed by atoms with Crippen LogP contribution in [0.1, 0.15) is 25.3 Å². The maximum absolute atomic E-state index is 14.6. The second kappa shape index (κ2) is 9.26. The topological polar surface area (TPSA) is 72.7 Å². The van der Waals surface area contributed by atoms with Gasteiger partial charge in [-0.3, -0.25) is 14.5 Å². The summed E-state index contributed by atoms with van der Waals surface area (Å²) in [6, 6.07) is 8.81. The highest BCUT2D eigenvalue weighted by Crippen LogP contribution is 2.41. The first kappa shape index (κ1) is 21.6. The zero-order valence-electron chi connectivity index (χ0n) is 18.4. The Morgan fingerprint density at radius 1 is 1.19 bits per heavy atom. The molecule has 3 aromatic heterocycles.